The number of alkyl halides is 3. The number of amidine groups is 1. The minimum absolute atomic E-state index is 0.0563. The third-order valence-electron chi connectivity index (χ3n) is 5.02. The molecule has 1 aromatic heterocycles. The molecule has 0 bridgehead atoms. The molecule has 9 nitrogen and oxygen atoms in total. The number of allylic oxidation sites excluding steroid dienone is 2. The number of carbonyl (C=O) groups is 1. The highest BCUT2D eigenvalue weighted by Gasteiger charge is 2.40. The number of hydrogen-bond donors (Lipinski definition) is 2. The van der Waals surface area contributed by atoms with Crippen molar-refractivity contribution < 1.29 is 27.8 Å². The van der Waals surface area contributed by atoms with Gasteiger partial charge in [-0.2, -0.15) is 18.3 Å². The maximum absolute atomic E-state index is 13.5. The molecule has 0 spiro atoms. The van der Waals surface area contributed by atoms with E-state index in [0.29, 0.717) is 22.8 Å². The molecular weight excluding hydrogens is 441 g/mol. The quantitative estimate of drug-likeness (QED) is 0.636. The summed E-state index contributed by atoms with van der Waals surface area (Å²) in [4.78, 5) is 21.7. The number of halogens is 3. The molecule has 0 saturated heterocycles. The molecule has 2 aliphatic heterocycles. The summed E-state index contributed by atoms with van der Waals surface area (Å²) in [5.41, 5.74) is 0.689. The molecule has 1 atom stereocenters. The van der Waals surface area contributed by atoms with Gasteiger partial charge in [-0.1, -0.05) is 0 Å². The van der Waals surface area contributed by atoms with Gasteiger partial charge in [-0.15, -0.1) is 0 Å². The molecule has 0 fully saturated rings. The third kappa shape index (κ3) is 4.60. The van der Waals surface area contributed by atoms with E-state index in [-0.39, 0.29) is 31.3 Å². The SMILES string of the molecule is CCOC(=O)C1CN2C=C(C(F)(F)F)C=C(Nc3ccc(-n4cnc(C)n4)c(CO)c3)C2=N1. The average molecular weight is 462 g/mol. The van der Waals surface area contributed by atoms with E-state index in [0.717, 1.165) is 12.3 Å². The molecule has 1 unspecified atom stereocenters. The fourth-order valence-corrected chi connectivity index (χ4v) is 3.54. The van der Waals surface area contributed by atoms with Crippen molar-refractivity contribution in [3.8, 4) is 5.69 Å². The largest absolute Gasteiger partial charge is 0.464 e. The van der Waals surface area contributed by atoms with Gasteiger partial charge in [-0.25, -0.2) is 19.5 Å². The summed E-state index contributed by atoms with van der Waals surface area (Å²) in [5, 5.41) is 17.0. The zero-order valence-electron chi connectivity index (χ0n) is 17.8. The number of esters is 1. The van der Waals surface area contributed by atoms with Crippen molar-refractivity contribution in [2.24, 2.45) is 4.99 Å². The number of aryl methyl sites for hydroxylation is 1. The molecule has 2 aliphatic rings. The Balaban J connectivity index is 1.67. The summed E-state index contributed by atoms with van der Waals surface area (Å²) in [6, 6.07) is 3.98. The third-order valence-corrected chi connectivity index (χ3v) is 5.02. The van der Waals surface area contributed by atoms with Gasteiger partial charge >= 0.3 is 12.1 Å². The van der Waals surface area contributed by atoms with Crippen molar-refractivity contribution in [1.29, 1.82) is 0 Å². The lowest BCUT2D eigenvalue weighted by Crippen LogP contribution is -2.34. The molecule has 12 heteroatoms. The number of nitrogens with zero attached hydrogens (tertiary/aromatic N) is 5. The van der Waals surface area contributed by atoms with Crippen molar-refractivity contribution in [3.05, 3.63) is 59.5 Å². The topological polar surface area (TPSA) is 105 Å². The van der Waals surface area contributed by atoms with Crippen molar-refractivity contribution in [3.63, 3.8) is 0 Å². The summed E-state index contributed by atoms with van der Waals surface area (Å²) in [6.07, 6.45) is -1.22. The zero-order valence-corrected chi connectivity index (χ0v) is 17.8. The van der Waals surface area contributed by atoms with Crippen LogP contribution in [0.3, 0.4) is 0 Å². The molecule has 0 radical (unpaired) electrons. The molecule has 4 rings (SSSR count). The number of anilines is 1. The number of ether oxygens (including phenoxy) is 1. The Morgan fingerprint density at radius 2 is 2.15 bits per heavy atom. The number of aliphatic hydroxyl groups is 1. The Labute approximate surface area is 186 Å². The smallest absolute Gasteiger partial charge is 0.417 e. The molecule has 3 heterocycles. The normalized spacial score (nSPS) is 17.8. The number of carbonyl (C=O) groups excluding carboxylic acids is 1. The van der Waals surface area contributed by atoms with Crippen LogP contribution in [0.15, 0.2) is 53.1 Å². The number of nitrogens with one attached hydrogen (secondary N) is 1. The molecule has 174 valence electrons. The number of aliphatic imine (C=N–C) groups is 1. The van der Waals surface area contributed by atoms with E-state index in [4.69, 9.17) is 4.74 Å². The Morgan fingerprint density at radius 3 is 2.79 bits per heavy atom. The van der Waals surface area contributed by atoms with Crippen LogP contribution in [0.25, 0.3) is 5.69 Å². The number of benzene rings is 1. The Kier molecular flexibility index (Phi) is 5.93. The van der Waals surface area contributed by atoms with Crippen LogP contribution >= 0.6 is 0 Å². The molecule has 2 N–H and O–H groups in total. The van der Waals surface area contributed by atoms with Crippen LogP contribution < -0.4 is 5.32 Å². The fraction of sp³-hybridized carbons (Fsp3) is 0.333. The van der Waals surface area contributed by atoms with Crippen LogP contribution in [0.4, 0.5) is 18.9 Å². The number of hydrogen-bond acceptors (Lipinski definition) is 8. The van der Waals surface area contributed by atoms with Gasteiger partial charge in [0.15, 0.2) is 11.9 Å². The molecule has 1 aromatic carbocycles. The predicted molar refractivity (Wildman–Crippen MR) is 112 cm³/mol. The van der Waals surface area contributed by atoms with Crippen molar-refractivity contribution in [1.82, 2.24) is 19.7 Å². The predicted octanol–water partition coefficient (Wildman–Crippen LogP) is 2.47. The van der Waals surface area contributed by atoms with Crippen LogP contribution in [0, 0.1) is 6.92 Å². The highest BCUT2D eigenvalue weighted by Crippen LogP contribution is 2.34. The fourth-order valence-electron chi connectivity index (χ4n) is 3.54. The van der Waals surface area contributed by atoms with Gasteiger partial charge in [-0.3, -0.25) is 0 Å². The molecule has 0 saturated carbocycles. The van der Waals surface area contributed by atoms with Crippen LogP contribution in [-0.4, -0.2) is 61.9 Å². The first kappa shape index (κ1) is 22.5. The standard InChI is InChI=1S/C21H21F3N6O3/c1-3-33-20(32)17-9-29-8-14(21(22,23)24)7-16(19(29)27-17)26-15-4-5-18(13(6-15)10-31)30-11-25-12(2)28-30/h4-8,11,17,26,31H,3,9-10H2,1-2H3. The molecule has 0 amide bonds. The summed E-state index contributed by atoms with van der Waals surface area (Å²) in [6.45, 7) is 3.13. The lowest BCUT2D eigenvalue weighted by atomic mass is 10.1. The Morgan fingerprint density at radius 1 is 1.36 bits per heavy atom. The van der Waals surface area contributed by atoms with Crippen molar-refractivity contribution in [2.45, 2.75) is 32.7 Å². The Hall–Kier alpha value is -3.67. The number of aromatic nitrogens is 3. The minimum atomic E-state index is -4.59. The number of rotatable bonds is 6. The van der Waals surface area contributed by atoms with Gasteiger partial charge in [0.25, 0.3) is 0 Å². The van der Waals surface area contributed by atoms with Gasteiger partial charge in [0, 0.05) is 17.5 Å². The van der Waals surface area contributed by atoms with E-state index in [2.05, 4.69) is 20.4 Å². The monoisotopic (exact) mass is 462 g/mol. The molecular formula is C21H21F3N6O3. The van der Waals surface area contributed by atoms with E-state index in [9.17, 15) is 23.1 Å². The highest BCUT2D eigenvalue weighted by atomic mass is 19.4. The highest BCUT2D eigenvalue weighted by molar-refractivity contribution is 6.05. The molecule has 2 aromatic rings. The maximum atomic E-state index is 13.5. The molecule has 33 heavy (non-hydrogen) atoms. The zero-order chi connectivity index (χ0) is 23.8. The maximum Gasteiger partial charge on any atom is 0.417 e. The van der Waals surface area contributed by atoms with Gasteiger partial charge in [-0.05, 0) is 38.1 Å². The van der Waals surface area contributed by atoms with Crippen LogP contribution in [-0.2, 0) is 16.1 Å². The molecule has 0 aliphatic carbocycles. The first-order chi connectivity index (χ1) is 15.7. The van der Waals surface area contributed by atoms with E-state index in [1.165, 1.54) is 15.9 Å². The Bertz CT molecular complexity index is 1170. The van der Waals surface area contributed by atoms with Crippen molar-refractivity contribution >= 4 is 17.5 Å². The van der Waals surface area contributed by atoms with Gasteiger partial charge in [0.05, 0.1) is 36.7 Å². The second kappa shape index (κ2) is 8.70. The average Bonchev–Trinajstić information content (AvgIpc) is 3.39. The van der Waals surface area contributed by atoms with Gasteiger partial charge in [0.1, 0.15) is 12.2 Å². The van der Waals surface area contributed by atoms with E-state index in [1.807, 2.05) is 0 Å². The van der Waals surface area contributed by atoms with Crippen molar-refractivity contribution in [2.75, 3.05) is 18.5 Å². The minimum Gasteiger partial charge on any atom is -0.464 e. The van der Waals surface area contributed by atoms with E-state index < -0.39 is 23.8 Å². The van der Waals surface area contributed by atoms with Gasteiger partial charge < -0.3 is 20.1 Å². The lowest BCUT2D eigenvalue weighted by Gasteiger charge is -2.26. The summed E-state index contributed by atoms with van der Waals surface area (Å²) in [7, 11) is 0. The van der Waals surface area contributed by atoms with E-state index in [1.54, 1.807) is 32.0 Å². The van der Waals surface area contributed by atoms with Crippen LogP contribution in [0.1, 0.15) is 18.3 Å². The first-order valence-corrected chi connectivity index (χ1v) is 10.1. The summed E-state index contributed by atoms with van der Waals surface area (Å²) in [5.74, 6) is 0.147. The first-order valence-electron chi connectivity index (χ1n) is 10.1. The van der Waals surface area contributed by atoms with Gasteiger partial charge in [0.2, 0.25) is 0 Å². The summed E-state index contributed by atoms with van der Waals surface area (Å²) >= 11 is 0. The number of fused-ring (bicyclic) bond motifs is 1. The second-order valence-corrected chi connectivity index (χ2v) is 7.38. The van der Waals surface area contributed by atoms with Crippen LogP contribution in [0.2, 0.25) is 0 Å². The second-order valence-electron chi connectivity index (χ2n) is 7.38. The van der Waals surface area contributed by atoms with Crippen LogP contribution in [0.5, 0.6) is 0 Å². The number of aliphatic hydroxyl groups excluding tert-OH is 1. The summed E-state index contributed by atoms with van der Waals surface area (Å²) < 4.78 is 47.0. The van der Waals surface area contributed by atoms with E-state index >= 15 is 0 Å². The lowest BCUT2D eigenvalue weighted by molar-refractivity contribution is -0.144.